The number of H-pyrrole nitrogens is 1. The van der Waals surface area contributed by atoms with Gasteiger partial charge in [-0.05, 0) is 48.6 Å². The number of halogens is 1. The fourth-order valence-corrected chi connectivity index (χ4v) is 4.49. The molecule has 1 amide bonds. The van der Waals surface area contributed by atoms with Gasteiger partial charge in [-0.15, -0.1) is 0 Å². The monoisotopic (exact) mass is 364 g/mol. The molecular weight excluding hydrogens is 344 g/mol. The second-order valence-electron chi connectivity index (χ2n) is 7.43. The van der Waals surface area contributed by atoms with Gasteiger partial charge in [-0.1, -0.05) is 48.4 Å². The predicted molar refractivity (Wildman–Crippen MR) is 104 cm³/mol. The van der Waals surface area contributed by atoms with Crippen LogP contribution in [0, 0.1) is 5.92 Å². The van der Waals surface area contributed by atoms with Gasteiger partial charge in [-0.3, -0.25) is 4.79 Å². The van der Waals surface area contributed by atoms with Gasteiger partial charge in [0.25, 0.3) is 0 Å². The molecular formula is C22H21ClN2O. The first kappa shape index (κ1) is 16.0. The first-order chi connectivity index (χ1) is 12.7. The minimum atomic E-state index is -0.0588. The predicted octanol–water partition coefficient (Wildman–Crippen LogP) is 5.10. The summed E-state index contributed by atoms with van der Waals surface area (Å²) in [6.45, 7) is 0.775. The van der Waals surface area contributed by atoms with E-state index in [-0.39, 0.29) is 12.0 Å². The number of carbonyl (C=O) groups excluding carboxylic acids is 1. The molecule has 1 saturated carbocycles. The summed E-state index contributed by atoms with van der Waals surface area (Å²) in [5.41, 5.74) is 4.77. The van der Waals surface area contributed by atoms with Crippen LogP contribution < -0.4 is 0 Å². The van der Waals surface area contributed by atoms with Gasteiger partial charge in [0.15, 0.2) is 0 Å². The molecule has 2 heterocycles. The van der Waals surface area contributed by atoms with Crippen LogP contribution in [-0.2, 0) is 11.2 Å². The molecule has 1 aliphatic heterocycles. The Hall–Kier alpha value is -2.26. The lowest BCUT2D eigenvalue weighted by atomic mass is 9.82. The first-order valence-corrected chi connectivity index (χ1v) is 9.75. The molecule has 0 saturated heterocycles. The van der Waals surface area contributed by atoms with Crippen LogP contribution in [0.2, 0.25) is 5.02 Å². The second kappa shape index (κ2) is 6.17. The number of aromatic amines is 1. The van der Waals surface area contributed by atoms with Crippen LogP contribution in [0.4, 0.5) is 0 Å². The number of hydrogen-bond donors (Lipinski definition) is 1. The van der Waals surface area contributed by atoms with Gasteiger partial charge < -0.3 is 9.88 Å². The van der Waals surface area contributed by atoms with E-state index in [2.05, 4.69) is 46.3 Å². The first-order valence-electron chi connectivity index (χ1n) is 9.38. The number of carbonyl (C=O) groups is 1. The molecule has 1 N–H and O–H groups in total. The van der Waals surface area contributed by atoms with Crippen LogP contribution in [0.15, 0.2) is 48.5 Å². The van der Waals surface area contributed by atoms with Crippen molar-refractivity contribution in [2.45, 2.75) is 31.7 Å². The normalized spacial score (nSPS) is 20.0. The maximum atomic E-state index is 13.1. The number of nitrogens with one attached hydrogen (secondary N) is 1. The molecule has 2 aromatic carbocycles. The summed E-state index contributed by atoms with van der Waals surface area (Å²) < 4.78 is 0. The number of para-hydroxylation sites is 1. The van der Waals surface area contributed by atoms with Crippen LogP contribution in [-0.4, -0.2) is 22.3 Å². The number of aromatic nitrogens is 1. The van der Waals surface area contributed by atoms with Crippen LogP contribution in [0.5, 0.6) is 0 Å². The van der Waals surface area contributed by atoms with E-state index in [1.54, 1.807) is 0 Å². The molecule has 2 aliphatic rings. The Morgan fingerprint density at radius 3 is 2.58 bits per heavy atom. The second-order valence-corrected chi connectivity index (χ2v) is 7.86. The highest BCUT2D eigenvalue weighted by Crippen LogP contribution is 2.41. The Bertz CT molecular complexity index is 971. The van der Waals surface area contributed by atoms with Crippen LogP contribution in [0.25, 0.3) is 10.9 Å². The van der Waals surface area contributed by atoms with Gasteiger partial charge in [0, 0.05) is 34.1 Å². The van der Waals surface area contributed by atoms with Crippen LogP contribution in [0.3, 0.4) is 0 Å². The van der Waals surface area contributed by atoms with Crippen molar-refractivity contribution < 1.29 is 4.79 Å². The van der Waals surface area contributed by atoms with Gasteiger partial charge >= 0.3 is 0 Å². The molecule has 4 heteroatoms. The summed E-state index contributed by atoms with van der Waals surface area (Å²) in [5, 5.41) is 2.00. The minimum absolute atomic E-state index is 0.0588. The number of nitrogens with zero attached hydrogens (tertiary/aromatic N) is 1. The molecule has 5 rings (SSSR count). The largest absolute Gasteiger partial charge is 0.356 e. The molecule has 26 heavy (non-hydrogen) atoms. The Kier molecular flexibility index (Phi) is 3.79. The van der Waals surface area contributed by atoms with E-state index in [1.807, 2.05) is 12.1 Å². The van der Waals surface area contributed by atoms with Gasteiger partial charge in [0.2, 0.25) is 5.91 Å². The van der Waals surface area contributed by atoms with Crippen molar-refractivity contribution in [2.24, 2.45) is 5.92 Å². The molecule has 132 valence electrons. The summed E-state index contributed by atoms with van der Waals surface area (Å²) in [7, 11) is 0. The average Bonchev–Trinajstić information content (AvgIpc) is 2.99. The summed E-state index contributed by atoms with van der Waals surface area (Å²) in [5.74, 6) is 0.510. The van der Waals surface area contributed by atoms with Gasteiger partial charge in [-0.2, -0.15) is 0 Å². The lowest BCUT2D eigenvalue weighted by molar-refractivity contribution is -0.140. The Morgan fingerprint density at radius 1 is 1.08 bits per heavy atom. The number of rotatable bonds is 2. The molecule has 1 fully saturated rings. The maximum absolute atomic E-state index is 13.1. The topological polar surface area (TPSA) is 36.1 Å². The smallest absolute Gasteiger partial charge is 0.226 e. The molecule has 3 nitrogen and oxygen atoms in total. The fraction of sp³-hybridized carbons (Fsp3) is 0.318. The molecule has 3 aromatic rings. The summed E-state index contributed by atoms with van der Waals surface area (Å²) in [4.78, 5) is 18.8. The summed E-state index contributed by atoms with van der Waals surface area (Å²) >= 11 is 6.11. The zero-order chi connectivity index (χ0) is 17.7. The third kappa shape index (κ3) is 2.45. The van der Waals surface area contributed by atoms with Crippen LogP contribution in [0.1, 0.15) is 42.1 Å². The minimum Gasteiger partial charge on any atom is -0.356 e. The summed E-state index contributed by atoms with van der Waals surface area (Å²) in [6, 6.07) is 16.3. The summed E-state index contributed by atoms with van der Waals surface area (Å²) in [6.07, 6.45) is 4.14. The average molecular weight is 365 g/mol. The Labute approximate surface area is 158 Å². The fourth-order valence-electron chi connectivity index (χ4n) is 4.36. The van der Waals surface area contributed by atoms with E-state index in [4.69, 9.17) is 11.6 Å². The number of amides is 1. The lowest BCUT2D eigenvalue weighted by Crippen LogP contribution is -2.45. The van der Waals surface area contributed by atoms with E-state index >= 15 is 0 Å². The molecule has 1 atom stereocenters. The molecule has 1 aliphatic carbocycles. The Morgan fingerprint density at radius 2 is 1.85 bits per heavy atom. The van der Waals surface area contributed by atoms with E-state index in [9.17, 15) is 4.79 Å². The van der Waals surface area contributed by atoms with Gasteiger partial charge in [0.05, 0.1) is 6.04 Å². The van der Waals surface area contributed by atoms with Crippen molar-refractivity contribution >= 4 is 28.4 Å². The highest BCUT2D eigenvalue weighted by Gasteiger charge is 2.38. The number of fused-ring (bicyclic) bond motifs is 3. The number of hydrogen-bond acceptors (Lipinski definition) is 1. The molecule has 1 aromatic heterocycles. The number of benzene rings is 2. The van der Waals surface area contributed by atoms with E-state index in [0.717, 1.165) is 47.6 Å². The van der Waals surface area contributed by atoms with Gasteiger partial charge in [-0.25, -0.2) is 0 Å². The molecule has 0 bridgehead atoms. The quantitative estimate of drug-likeness (QED) is 0.675. The van der Waals surface area contributed by atoms with Crippen molar-refractivity contribution in [2.75, 3.05) is 6.54 Å². The van der Waals surface area contributed by atoms with Crippen molar-refractivity contribution in [3.63, 3.8) is 0 Å². The zero-order valence-electron chi connectivity index (χ0n) is 14.5. The van der Waals surface area contributed by atoms with Crippen molar-refractivity contribution in [3.05, 3.63) is 70.4 Å². The third-order valence-corrected chi connectivity index (χ3v) is 6.21. The van der Waals surface area contributed by atoms with E-state index < -0.39 is 0 Å². The third-order valence-electron chi connectivity index (χ3n) is 5.96. The zero-order valence-corrected chi connectivity index (χ0v) is 15.3. The SMILES string of the molecule is O=C(C1CCC1)N1CCc2c([nH]c3ccccc23)[C@@H]1c1ccc(Cl)cc1. The van der Waals surface area contributed by atoms with Crippen molar-refractivity contribution in [1.29, 1.82) is 0 Å². The lowest BCUT2D eigenvalue weighted by Gasteiger charge is -2.40. The van der Waals surface area contributed by atoms with Gasteiger partial charge in [0.1, 0.15) is 0 Å². The highest BCUT2D eigenvalue weighted by molar-refractivity contribution is 6.30. The van der Waals surface area contributed by atoms with Crippen LogP contribution >= 0.6 is 11.6 Å². The van der Waals surface area contributed by atoms with Crippen molar-refractivity contribution in [3.8, 4) is 0 Å². The standard InChI is InChI=1S/C22H21ClN2O/c23-16-10-8-14(9-11-16)21-20-18(17-6-1-2-7-19(17)24-20)12-13-25(21)22(26)15-4-3-5-15/h1-2,6-11,15,21,24H,3-5,12-13H2/t21-/m0/s1. The highest BCUT2D eigenvalue weighted by atomic mass is 35.5. The Balaban J connectivity index is 1.65. The maximum Gasteiger partial charge on any atom is 0.226 e. The molecule has 0 unspecified atom stereocenters. The molecule has 0 radical (unpaired) electrons. The van der Waals surface area contributed by atoms with E-state index in [1.165, 1.54) is 17.4 Å². The molecule has 0 spiro atoms. The van der Waals surface area contributed by atoms with Crippen molar-refractivity contribution in [1.82, 2.24) is 9.88 Å². The van der Waals surface area contributed by atoms with E-state index in [0.29, 0.717) is 5.91 Å².